The van der Waals surface area contributed by atoms with Gasteiger partial charge in [-0.05, 0) is 6.08 Å². The van der Waals surface area contributed by atoms with E-state index in [1.165, 1.54) is 0 Å². The van der Waals surface area contributed by atoms with Crippen LogP contribution in [0.25, 0.3) is 12.2 Å². The molecule has 0 saturated carbocycles. The first-order chi connectivity index (χ1) is 5.97. The van der Waals surface area contributed by atoms with Crippen LogP contribution in [0.5, 0.6) is 0 Å². The number of hydrogen-bond acceptors (Lipinski definition) is 2. The van der Waals surface area contributed by atoms with E-state index in [-0.39, 0.29) is 0 Å². The van der Waals surface area contributed by atoms with Crippen molar-refractivity contribution in [3.63, 3.8) is 0 Å². The lowest BCUT2D eigenvalue weighted by atomic mass is 10.1. The fraction of sp³-hybridized carbons (Fsp3) is 0. The highest BCUT2D eigenvalue weighted by atomic mass is 14.8. The van der Waals surface area contributed by atoms with Crippen molar-refractivity contribution in [1.82, 2.24) is 9.97 Å². The van der Waals surface area contributed by atoms with Gasteiger partial charge in [0.15, 0.2) is 0 Å². The second-order valence-electron chi connectivity index (χ2n) is 2.47. The summed E-state index contributed by atoms with van der Waals surface area (Å²) in [6.45, 7) is 0. The van der Waals surface area contributed by atoms with Crippen LogP contribution in [0.2, 0.25) is 0 Å². The Balaban J connectivity index is 2.54. The molecule has 0 aromatic carbocycles. The fourth-order valence-electron chi connectivity index (χ4n) is 1.05. The molecule has 0 saturated heterocycles. The quantitative estimate of drug-likeness (QED) is 0.574. The predicted molar refractivity (Wildman–Crippen MR) is 49.2 cm³/mol. The maximum absolute atomic E-state index is 4.14. The van der Waals surface area contributed by atoms with Crippen molar-refractivity contribution in [2.75, 3.05) is 0 Å². The SMILES string of the molecule is C1=C\C=C/c2ncncc2\C=C/1. The molecule has 2 rings (SSSR count). The normalized spacial score (nSPS) is 21.7. The molecule has 2 nitrogen and oxygen atoms in total. The molecular formula is C10H8N2. The molecule has 1 aromatic rings. The van der Waals surface area contributed by atoms with Gasteiger partial charge in [-0.15, -0.1) is 0 Å². The summed E-state index contributed by atoms with van der Waals surface area (Å²) in [5.74, 6) is 0. The largest absolute Gasteiger partial charge is 0.244 e. The summed E-state index contributed by atoms with van der Waals surface area (Å²) in [6.07, 6.45) is 15.2. The molecule has 0 N–H and O–H groups in total. The summed E-state index contributed by atoms with van der Waals surface area (Å²) in [6, 6.07) is 0. The first-order valence-electron chi connectivity index (χ1n) is 3.78. The van der Waals surface area contributed by atoms with Gasteiger partial charge >= 0.3 is 0 Å². The zero-order chi connectivity index (χ0) is 8.23. The molecule has 0 amide bonds. The summed E-state index contributed by atoms with van der Waals surface area (Å²) >= 11 is 0. The standard InChI is InChI=1S/C10H8N2/c1-2-4-6-10-9(5-3-1)7-11-8-12-10/h1-8H/b2-1-,3-1?,4-2?,5-3-,6-4-,9-5?,10-6?. The lowest BCUT2D eigenvalue weighted by Gasteiger charge is -1.98. The summed E-state index contributed by atoms with van der Waals surface area (Å²) in [5, 5.41) is 0. The van der Waals surface area contributed by atoms with Crippen LogP contribution in [-0.4, -0.2) is 9.97 Å². The van der Waals surface area contributed by atoms with Crippen molar-refractivity contribution >= 4 is 12.2 Å². The molecule has 0 bridgehead atoms. The van der Waals surface area contributed by atoms with E-state index in [2.05, 4.69) is 9.97 Å². The van der Waals surface area contributed by atoms with Crippen molar-refractivity contribution < 1.29 is 0 Å². The molecule has 1 heterocycles. The van der Waals surface area contributed by atoms with E-state index in [0.29, 0.717) is 0 Å². The van der Waals surface area contributed by atoms with E-state index in [4.69, 9.17) is 0 Å². The Morgan fingerprint density at radius 3 is 2.67 bits per heavy atom. The third-order valence-corrected chi connectivity index (χ3v) is 1.64. The van der Waals surface area contributed by atoms with Crippen LogP contribution in [0.3, 0.4) is 0 Å². The van der Waals surface area contributed by atoms with Crippen molar-refractivity contribution in [2.45, 2.75) is 0 Å². The third kappa shape index (κ3) is 1.32. The molecule has 1 aliphatic rings. The number of allylic oxidation sites excluding steroid dienone is 4. The van der Waals surface area contributed by atoms with Gasteiger partial charge in [-0.25, -0.2) is 9.97 Å². The Labute approximate surface area is 71.0 Å². The third-order valence-electron chi connectivity index (χ3n) is 1.64. The van der Waals surface area contributed by atoms with Crippen LogP contribution in [0, 0.1) is 0 Å². The zero-order valence-corrected chi connectivity index (χ0v) is 6.51. The summed E-state index contributed by atoms with van der Waals surface area (Å²) in [4.78, 5) is 8.09. The summed E-state index contributed by atoms with van der Waals surface area (Å²) < 4.78 is 0. The lowest BCUT2D eigenvalue weighted by molar-refractivity contribution is 1.14. The van der Waals surface area contributed by atoms with E-state index >= 15 is 0 Å². The minimum atomic E-state index is 0.964. The van der Waals surface area contributed by atoms with Crippen LogP contribution < -0.4 is 0 Å². The highest BCUT2D eigenvalue weighted by Gasteiger charge is 1.95. The van der Waals surface area contributed by atoms with Crippen molar-refractivity contribution in [2.24, 2.45) is 0 Å². The minimum Gasteiger partial charge on any atom is -0.244 e. The van der Waals surface area contributed by atoms with Gasteiger partial charge in [-0.2, -0.15) is 0 Å². The molecule has 0 fully saturated rings. The predicted octanol–water partition coefficient (Wildman–Crippen LogP) is 2.07. The molecule has 0 aliphatic heterocycles. The first-order valence-corrected chi connectivity index (χ1v) is 3.78. The van der Waals surface area contributed by atoms with Crippen LogP contribution in [0.1, 0.15) is 11.3 Å². The van der Waals surface area contributed by atoms with Crippen LogP contribution in [-0.2, 0) is 0 Å². The summed E-state index contributed by atoms with van der Waals surface area (Å²) in [7, 11) is 0. The topological polar surface area (TPSA) is 25.8 Å². The molecule has 0 atom stereocenters. The Hall–Kier alpha value is -1.70. The van der Waals surface area contributed by atoms with Gasteiger partial charge in [0.25, 0.3) is 0 Å². The second kappa shape index (κ2) is 3.13. The maximum Gasteiger partial charge on any atom is 0.116 e. The van der Waals surface area contributed by atoms with Crippen LogP contribution in [0.15, 0.2) is 36.8 Å². The van der Waals surface area contributed by atoms with Gasteiger partial charge in [0.2, 0.25) is 0 Å². The minimum absolute atomic E-state index is 0.964. The Morgan fingerprint density at radius 1 is 0.917 bits per heavy atom. The molecule has 0 radical (unpaired) electrons. The van der Waals surface area contributed by atoms with E-state index in [1.54, 1.807) is 6.33 Å². The number of hydrogen-bond donors (Lipinski definition) is 0. The van der Waals surface area contributed by atoms with Gasteiger partial charge < -0.3 is 0 Å². The van der Waals surface area contributed by atoms with Crippen molar-refractivity contribution in [1.29, 1.82) is 0 Å². The van der Waals surface area contributed by atoms with E-state index in [0.717, 1.165) is 11.3 Å². The fourth-order valence-corrected chi connectivity index (χ4v) is 1.05. The molecule has 2 heteroatoms. The lowest BCUT2D eigenvalue weighted by Crippen LogP contribution is -1.87. The molecule has 1 aromatic heterocycles. The Bertz CT molecular complexity index is 327. The summed E-state index contributed by atoms with van der Waals surface area (Å²) in [5.41, 5.74) is 2.02. The van der Waals surface area contributed by atoms with Crippen LogP contribution >= 0.6 is 0 Å². The number of rotatable bonds is 0. The Kier molecular flexibility index (Phi) is 1.82. The highest BCUT2D eigenvalue weighted by molar-refractivity contribution is 5.64. The smallest absolute Gasteiger partial charge is 0.116 e. The van der Waals surface area contributed by atoms with Gasteiger partial charge in [0, 0.05) is 11.8 Å². The number of nitrogens with zero attached hydrogens (tertiary/aromatic N) is 2. The van der Waals surface area contributed by atoms with Crippen molar-refractivity contribution in [3.05, 3.63) is 48.1 Å². The highest BCUT2D eigenvalue weighted by Crippen LogP contribution is 2.09. The van der Waals surface area contributed by atoms with E-state index in [9.17, 15) is 0 Å². The second-order valence-corrected chi connectivity index (χ2v) is 2.47. The molecule has 12 heavy (non-hydrogen) atoms. The monoisotopic (exact) mass is 156 g/mol. The van der Waals surface area contributed by atoms with Gasteiger partial charge in [0.1, 0.15) is 6.33 Å². The van der Waals surface area contributed by atoms with Crippen LogP contribution in [0.4, 0.5) is 0 Å². The average Bonchev–Trinajstić information content (AvgIpc) is 2.06. The molecule has 1 aliphatic carbocycles. The molecular weight excluding hydrogens is 148 g/mol. The first kappa shape index (κ1) is 6.98. The van der Waals surface area contributed by atoms with E-state index < -0.39 is 0 Å². The Morgan fingerprint density at radius 2 is 1.75 bits per heavy atom. The van der Waals surface area contributed by atoms with E-state index in [1.807, 2.05) is 42.7 Å². The molecule has 0 unspecified atom stereocenters. The molecule has 58 valence electrons. The zero-order valence-electron chi connectivity index (χ0n) is 6.51. The average molecular weight is 156 g/mol. The number of aromatic nitrogens is 2. The number of fused-ring (bicyclic) bond motifs is 1. The van der Waals surface area contributed by atoms with Gasteiger partial charge in [0.05, 0.1) is 5.69 Å². The molecule has 0 spiro atoms. The van der Waals surface area contributed by atoms with Crippen molar-refractivity contribution in [3.8, 4) is 0 Å². The van der Waals surface area contributed by atoms with Gasteiger partial charge in [-0.1, -0.05) is 30.4 Å². The maximum atomic E-state index is 4.14. The van der Waals surface area contributed by atoms with Gasteiger partial charge in [-0.3, -0.25) is 0 Å².